The van der Waals surface area contributed by atoms with Crippen LogP contribution in [-0.4, -0.2) is 23.0 Å². The number of carbonyl (C=O) groups is 2. The lowest BCUT2D eigenvalue weighted by Crippen LogP contribution is -2.34. The van der Waals surface area contributed by atoms with Gasteiger partial charge in [0, 0.05) is 0 Å². The molecule has 1 heterocycles. The molecule has 0 unspecified atom stereocenters. The van der Waals surface area contributed by atoms with Gasteiger partial charge in [-0.3, -0.25) is 4.79 Å². The van der Waals surface area contributed by atoms with Gasteiger partial charge in [0.1, 0.15) is 11.6 Å². The summed E-state index contributed by atoms with van der Waals surface area (Å²) in [5.41, 5.74) is 0.429. The Hall–Kier alpha value is -1.91. The molecule has 4 nitrogen and oxygen atoms in total. The number of carbonyl (C=O) groups excluding carboxylic acids is 1. The van der Waals surface area contributed by atoms with Crippen molar-refractivity contribution in [3.8, 4) is 5.75 Å². The van der Waals surface area contributed by atoms with E-state index in [0.717, 1.165) is 6.07 Å². The predicted octanol–water partition coefficient (Wildman–Crippen LogP) is 1.55. The van der Waals surface area contributed by atoms with Crippen LogP contribution >= 0.6 is 0 Å². The second kappa shape index (κ2) is 3.59. The molecule has 84 valence electrons. The number of carboxylic acid groups (broad SMARTS) is 1. The first kappa shape index (κ1) is 10.6. The average molecular weight is 224 g/mol. The molecular formula is C11H9FO4. The van der Waals surface area contributed by atoms with Gasteiger partial charge in [-0.15, -0.1) is 0 Å². The molecule has 0 spiro atoms. The Morgan fingerprint density at radius 3 is 2.88 bits per heavy atom. The monoisotopic (exact) mass is 224 g/mol. The molecular weight excluding hydrogens is 215 g/mol. The van der Waals surface area contributed by atoms with Crippen molar-refractivity contribution >= 4 is 11.8 Å². The predicted molar refractivity (Wildman–Crippen MR) is 52.1 cm³/mol. The van der Waals surface area contributed by atoms with E-state index in [-0.39, 0.29) is 17.7 Å². The highest BCUT2D eigenvalue weighted by atomic mass is 19.1. The number of halogens is 1. The van der Waals surface area contributed by atoms with Crippen LogP contribution in [0.25, 0.3) is 0 Å². The first-order valence-corrected chi connectivity index (χ1v) is 4.72. The van der Waals surface area contributed by atoms with Crippen LogP contribution in [0.5, 0.6) is 5.75 Å². The number of fused-ring (bicyclic) bond motifs is 1. The van der Waals surface area contributed by atoms with Gasteiger partial charge in [-0.1, -0.05) is 0 Å². The van der Waals surface area contributed by atoms with Crippen LogP contribution in [0, 0.1) is 12.7 Å². The minimum atomic E-state index is -1.19. The quantitative estimate of drug-likeness (QED) is 0.786. The molecule has 0 aliphatic carbocycles. The van der Waals surface area contributed by atoms with Crippen LogP contribution < -0.4 is 4.74 Å². The molecule has 0 amide bonds. The zero-order valence-electron chi connectivity index (χ0n) is 8.49. The van der Waals surface area contributed by atoms with Crippen LogP contribution in [0.2, 0.25) is 0 Å². The molecule has 1 aromatic carbocycles. The molecule has 0 saturated heterocycles. The summed E-state index contributed by atoms with van der Waals surface area (Å²) in [6, 6.07) is 2.43. The third-order valence-electron chi connectivity index (χ3n) is 2.48. The smallest absolute Gasteiger partial charge is 0.345 e. The number of benzene rings is 1. The largest absolute Gasteiger partial charge is 0.478 e. The fraction of sp³-hybridized carbons (Fsp3) is 0.273. The van der Waals surface area contributed by atoms with E-state index in [1.807, 2.05) is 0 Å². The maximum absolute atomic E-state index is 13.2. The Bertz CT molecular complexity index is 481. The molecule has 0 bridgehead atoms. The molecule has 0 radical (unpaired) electrons. The van der Waals surface area contributed by atoms with Gasteiger partial charge >= 0.3 is 5.97 Å². The van der Waals surface area contributed by atoms with Gasteiger partial charge in [-0.2, -0.15) is 0 Å². The third-order valence-corrected chi connectivity index (χ3v) is 2.48. The normalized spacial score (nSPS) is 18.9. The van der Waals surface area contributed by atoms with Crippen molar-refractivity contribution in [1.82, 2.24) is 0 Å². The maximum atomic E-state index is 13.2. The molecule has 0 aromatic heterocycles. The van der Waals surface area contributed by atoms with E-state index in [1.165, 1.54) is 13.0 Å². The van der Waals surface area contributed by atoms with Gasteiger partial charge in [-0.05, 0) is 24.6 Å². The first-order chi connectivity index (χ1) is 7.49. The number of hydrogen-bond acceptors (Lipinski definition) is 3. The molecule has 0 fully saturated rings. The van der Waals surface area contributed by atoms with Gasteiger partial charge in [-0.25, -0.2) is 9.18 Å². The second-order valence-electron chi connectivity index (χ2n) is 3.67. The van der Waals surface area contributed by atoms with Crippen molar-refractivity contribution in [3.05, 3.63) is 29.1 Å². The van der Waals surface area contributed by atoms with Crippen LogP contribution in [0.4, 0.5) is 4.39 Å². The first-order valence-electron chi connectivity index (χ1n) is 4.72. The summed E-state index contributed by atoms with van der Waals surface area (Å²) < 4.78 is 18.3. The van der Waals surface area contributed by atoms with Crippen molar-refractivity contribution in [3.63, 3.8) is 0 Å². The summed E-state index contributed by atoms with van der Waals surface area (Å²) in [4.78, 5) is 22.3. The molecule has 0 saturated carbocycles. The van der Waals surface area contributed by atoms with Crippen LogP contribution in [0.15, 0.2) is 12.1 Å². The standard InChI is InChI=1S/C11H9FO4/c1-5-2-9-6(3-7(5)12)8(13)4-10(16-9)11(14)15/h2-3,10H,4H2,1H3,(H,14,15)/t10-/m1/s1. The number of aryl methyl sites for hydroxylation is 1. The number of rotatable bonds is 1. The fourth-order valence-electron chi connectivity index (χ4n) is 1.58. The number of aliphatic carboxylic acids is 1. The minimum Gasteiger partial charge on any atom is -0.478 e. The van der Waals surface area contributed by atoms with Gasteiger partial charge < -0.3 is 9.84 Å². The summed E-state index contributed by atoms with van der Waals surface area (Å²) >= 11 is 0. The fourth-order valence-corrected chi connectivity index (χ4v) is 1.58. The molecule has 1 aliphatic heterocycles. The zero-order chi connectivity index (χ0) is 11.9. The van der Waals surface area contributed by atoms with Gasteiger partial charge in [0.15, 0.2) is 5.78 Å². The number of ketones is 1. The molecule has 5 heteroatoms. The SMILES string of the molecule is Cc1cc2c(cc1F)C(=O)C[C@H](C(=O)O)O2. The van der Waals surface area contributed by atoms with E-state index in [9.17, 15) is 14.0 Å². The molecule has 1 aromatic rings. The minimum absolute atomic E-state index is 0.112. The van der Waals surface area contributed by atoms with Crippen LogP contribution in [0.1, 0.15) is 22.3 Å². The highest BCUT2D eigenvalue weighted by Gasteiger charge is 2.31. The summed E-state index contributed by atoms with van der Waals surface area (Å²) in [6.45, 7) is 1.52. The van der Waals surface area contributed by atoms with E-state index in [1.54, 1.807) is 0 Å². The van der Waals surface area contributed by atoms with E-state index in [0.29, 0.717) is 5.56 Å². The van der Waals surface area contributed by atoms with Crippen molar-refractivity contribution in [1.29, 1.82) is 0 Å². The molecule has 2 rings (SSSR count). The van der Waals surface area contributed by atoms with E-state index in [4.69, 9.17) is 9.84 Å². The van der Waals surface area contributed by atoms with Crippen molar-refractivity contribution in [2.75, 3.05) is 0 Å². The second-order valence-corrected chi connectivity index (χ2v) is 3.67. The van der Waals surface area contributed by atoms with Crippen LogP contribution in [-0.2, 0) is 4.79 Å². The molecule has 1 aliphatic rings. The number of Topliss-reactive ketones (excluding diaryl/α,β-unsaturated/α-hetero) is 1. The van der Waals surface area contributed by atoms with E-state index >= 15 is 0 Å². The van der Waals surface area contributed by atoms with Crippen molar-refractivity contribution < 1.29 is 23.8 Å². The highest BCUT2D eigenvalue weighted by molar-refractivity contribution is 6.02. The summed E-state index contributed by atoms with van der Waals surface area (Å²) in [6.07, 6.45) is -1.44. The Labute approximate surface area is 90.6 Å². The average Bonchev–Trinajstić information content (AvgIpc) is 2.20. The van der Waals surface area contributed by atoms with E-state index in [2.05, 4.69) is 0 Å². The van der Waals surface area contributed by atoms with Crippen LogP contribution in [0.3, 0.4) is 0 Å². The van der Waals surface area contributed by atoms with Gasteiger partial charge in [0.2, 0.25) is 6.10 Å². The Morgan fingerprint density at radius 1 is 1.56 bits per heavy atom. The Balaban J connectivity index is 2.46. The van der Waals surface area contributed by atoms with Gasteiger partial charge in [0.05, 0.1) is 12.0 Å². The van der Waals surface area contributed by atoms with E-state index < -0.39 is 23.7 Å². The van der Waals surface area contributed by atoms with Gasteiger partial charge in [0.25, 0.3) is 0 Å². The zero-order valence-corrected chi connectivity index (χ0v) is 8.49. The Morgan fingerprint density at radius 2 is 2.25 bits per heavy atom. The number of ether oxygens (including phenoxy) is 1. The molecule has 1 N–H and O–H groups in total. The summed E-state index contributed by atoms with van der Waals surface area (Å²) in [5.74, 6) is -1.96. The molecule has 1 atom stereocenters. The molecule has 16 heavy (non-hydrogen) atoms. The topological polar surface area (TPSA) is 63.6 Å². The summed E-state index contributed by atoms with van der Waals surface area (Å²) in [5, 5.41) is 8.75. The Kier molecular flexibility index (Phi) is 2.38. The third kappa shape index (κ3) is 1.64. The lowest BCUT2D eigenvalue weighted by molar-refractivity contribution is -0.145. The lowest BCUT2D eigenvalue weighted by Gasteiger charge is -2.22. The highest BCUT2D eigenvalue weighted by Crippen LogP contribution is 2.30. The summed E-state index contributed by atoms with van der Waals surface area (Å²) in [7, 11) is 0. The lowest BCUT2D eigenvalue weighted by atomic mass is 9.99. The maximum Gasteiger partial charge on any atom is 0.345 e. The number of hydrogen-bond donors (Lipinski definition) is 1. The number of carboxylic acids is 1. The van der Waals surface area contributed by atoms with Crippen molar-refractivity contribution in [2.45, 2.75) is 19.4 Å². The van der Waals surface area contributed by atoms with Crippen molar-refractivity contribution in [2.24, 2.45) is 0 Å².